The van der Waals surface area contributed by atoms with Crippen molar-refractivity contribution < 1.29 is 0 Å². The largest absolute Gasteiger partial charge is 0.308 e. The molecule has 1 saturated heterocycles. The van der Waals surface area contributed by atoms with Crippen LogP contribution in [0.5, 0.6) is 0 Å². The van der Waals surface area contributed by atoms with Crippen molar-refractivity contribution in [1.82, 2.24) is 10.2 Å². The second kappa shape index (κ2) is 6.72. The topological polar surface area (TPSA) is 15.3 Å². The number of aryl methyl sites for hydroxylation is 1. The molecule has 0 bridgehead atoms. The summed E-state index contributed by atoms with van der Waals surface area (Å²) < 4.78 is 0. The first kappa shape index (κ1) is 15.4. The summed E-state index contributed by atoms with van der Waals surface area (Å²) in [5.74, 6) is 2.61. The zero-order chi connectivity index (χ0) is 14.7. The Morgan fingerprint density at radius 1 is 1.24 bits per heavy atom. The molecular weight excluding hydrogens is 276 g/mol. The normalized spacial score (nSPS) is 25.5. The molecule has 0 aromatic heterocycles. The highest BCUT2D eigenvalue weighted by molar-refractivity contribution is 7.99. The van der Waals surface area contributed by atoms with Gasteiger partial charge in [-0.05, 0) is 29.4 Å². The first-order valence-corrected chi connectivity index (χ1v) is 9.43. The third kappa shape index (κ3) is 3.64. The van der Waals surface area contributed by atoms with Gasteiger partial charge in [-0.1, -0.05) is 38.1 Å². The molecular formula is C18H28N2S. The number of nitrogens with zero attached hydrogens (tertiary/aromatic N) is 1. The molecule has 0 spiro atoms. The molecule has 21 heavy (non-hydrogen) atoms. The van der Waals surface area contributed by atoms with E-state index in [-0.39, 0.29) is 0 Å². The van der Waals surface area contributed by atoms with Gasteiger partial charge in [0, 0.05) is 43.7 Å². The van der Waals surface area contributed by atoms with E-state index in [2.05, 4.69) is 60.1 Å². The van der Waals surface area contributed by atoms with Crippen LogP contribution in [0.3, 0.4) is 0 Å². The van der Waals surface area contributed by atoms with Crippen molar-refractivity contribution in [3.8, 4) is 0 Å². The number of hydrogen-bond donors (Lipinski definition) is 1. The van der Waals surface area contributed by atoms with E-state index in [9.17, 15) is 0 Å². The summed E-state index contributed by atoms with van der Waals surface area (Å²) in [5.41, 5.74) is 3.43. The first-order chi connectivity index (χ1) is 10.2. The molecule has 0 saturated carbocycles. The molecule has 1 heterocycles. The maximum atomic E-state index is 3.87. The molecule has 2 aliphatic rings. The zero-order valence-electron chi connectivity index (χ0n) is 13.4. The Bertz CT molecular complexity index is 466. The molecule has 3 rings (SSSR count). The van der Waals surface area contributed by atoms with Gasteiger partial charge in [0.1, 0.15) is 0 Å². The summed E-state index contributed by atoms with van der Waals surface area (Å²) in [6.45, 7) is 9.65. The standard InChI is InChI=1S/C18H28N2S/c1-18(2)8-7-15-5-3-4-6-16(15)17(18)19-9-10-20-11-13-21-14-12-20/h3-6,17,19H,7-14H2,1-2H3. The van der Waals surface area contributed by atoms with Gasteiger partial charge in [-0.3, -0.25) is 0 Å². The van der Waals surface area contributed by atoms with E-state index in [1.54, 1.807) is 5.56 Å². The summed E-state index contributed by atoms with van der Waals surface area (Å²) in [4.78, 5) is 2.60. The van der Waals surface area contributed by atoms with Crippen molar-refractivity contribution in [2.24, 2.45) is 5.41 Å². The minimum absolute atomic E-state index is 0.353. The van der Waals surface area contributed by atoms with Gasteiger partial charge < -0.3 is 10.2 Å². The summed E-state index contributed by atoms with van der Waals surface area (Å²) in [7, 11) is 0. The molecule has 1 fully saturated rings. The zero-order valence-corrected chi connectivity index (χ0v) is 14.2. The van der Waals surface area contributed by atoms with Gasteiger partial charge in [-0.25, -0.2) is 0 Å². The average molecular weight is 305 g/mol. The molecule has 3 heteroatoms. The fraction of sp³-hybridized carbons (Fsp3) is 0.667. The van der Waals surface area contributed by atoms with Gasteiger partial charge >= 0.3 is 0 Å². The smallest absolute Gasteiger partial charge is 0.0375 e. The molecule has 1 aromatic rings. The minimum Gasteiger partial charge on any atom is -0.308 e. The summed E-state index contributed by atoms with van der Waals surface area (Å²) >= 11 is 2.09. The molecule has 0 radical (unpaired) electrons. The molecule has 1 aliphatic carbocycles. The highest BCUT2D eigenvalue weighted by Crippen LogP contribution is 2.43. The number of hydrogen-bond acceptors (Lipinski definition) is 3. The third-order valence-electron chi connectivity index (χ3n) is 5.07. The van der Waals surface area contributed by atoms with E-state index in [1.165, 1.54) is 49.5 Å². The van der Waals surface area contributed by atoms with Crippen LogP contribution < -0.4 is 5.32 Å². The number of fused-ring (bicyclic) bond motifs is 1. The number of benzene rings is 1. The predicted octanol–water partition coefficient (Wildman–Crippen LogP) is 3.34. The van der Waals surface area contributed by atoms with Crippen LogP contribution in [-0.4, -0.2) is 42.6 Å². The van der Waals surface area contributed by atoms with E-state index in [1.807, 2.05) is 0 Å². The molecule has 116 valence electrons. The highest BCUT2D eigenvalue weighted by atomic mass is 32.2. The van der Waals surface area contributed by atoms with Crippen LogP contribution in [0.15, 0.2) is 24.3 Å². The predicted molar refractivity (Wildman–Crippen MR) is 93.1 cm³/mol. The highest BCUT2D eigenvalue weighted by Gasteiger charge is 2.35. The minimum atomic E-state index is 0.353. The van der Waals surface area contributed by atoms with E-state index < -0.39 is 0 Å². The Labute approximate surface area is 133 Å². The Hall–Kier alpha value is -0.510. The Morgan fingerprint density at radius 2 is 2.00 bits per heavy atom. The molecule has 1 aromatic carbocycles. The van der Waals surface area contributed by atoms with Gasteiger partial charge in [0.25, 0.3) is 0 Å². The van der Waals surface area contributed by atoms with Crippen LogP contribution in [0.4, 0.5) is 0 Å². The van der Waals surface area contributed by atoms with E-state index in [4.69, 9.17) is 0 Å². The Morgan fingerprint density at radius 3 is 2.81 bits per heavy atom. The van der Waals surface area contributed by atoms with Crippen LogP contribution in [-0.2, 0) is 6.42 Å². The lowest BCUT2D eigenvalue weighted by Gasteiger charge is -2.41. The quantitative estimate of drug-likeness (QED) is 0.918. The molecule has 1 N–H and O–H groups in total. The summed E-state index contributed by atoms with van der Waals surface area (Å²) in [5, 5.41) is 3.87. The number of thioether (sulfide) groups is 1. The maximum Gasteiger partial charge on any atom is 0.0375 e. The molecule has 1 aliphatic heterocycles. The Balaban J connectivity index is 1.62. The monoisotopic (exact) mass is 304 g/mol. The van der Waals surface area contributed by atoms with Gasteiger partial charge in [0.15, 0.2) is 0 Å². The van der Waals surface area contributed by atoms with Crippen molar-refractivity contribution in [3.63, 3.8) is 0 Å². The van der Waals surface area contributed by atoms with Crippen LogP contribution in [0, 0.1) is 5.41 Å². The number of rotatable bonds is 4. The lowest BCUT2D eigenvalue weighted by Crippen LogP contribution is -2.43. The van der Waals surface area contributed by atoms with Crippen molar-refractivity contribution in [2.75, 3.05) is 37.7 Å². The van der Waals surface area contributed by atoms with E-state index in [0.717, 1.165) is 6.54 Å². The lowest BCUT2D eigenvalue weighted by atomic mass is 9.70. The molecule has 2 nitrogen and oxygen atoms in total. The van der Waals surface area contributed by atoms with Gasteiger partial charge in [0.05, 0.1) is 0 Å². The van der Waals surface area contributed by atoms with Crippen LogP contribution in [0.2, 0.25) is 0 Å². The molecule has 1 atom stereocenters. The fourth-order valence-corrected chi connectivity index (χ4v) is 4.62. The van der Waals surface area contributed by atoms with E-state index >= 15 is 0 Å². The van der Waals surface area contributed by atoms with Crippen molar-refractivity contribution in [1.29, 1.82) is 0 Å². The van der Waals surface area contributed by atoms with Crippen LogP contribution in [0.1, 0.15) is 37.4 Å². The number of nitrogens with one attached hydrogen (secondary N) is 1. The average Bonchev–Trinajstić information content (AvgIpc) is 2.50. The van der Waals surface area contributed by atoms with Crippen molar-refractivity contribution >= 4 is 11.8 Å². The first-order valence-electron chi connectivity index (χ1n) is 8.28. The van der Waals surface area contributed by atoms with Gasteiger partial charge in [0.2, 0.25) is 0 Å². The van der Waals surface area contributed by atoms with Gasteiger partial charge in [-0.15, -0.1) is 0 Å². The fourth-order valence-electron chi connectivity index (χ4n) is 3.64. The summed E-state index contributed by atoms with van der Waals surface area (Å²) in [6, 6.07) is 9.50. The second-order valence-corrected chi connectivity index (χ2v) is 8.25. The SMILES string of the molecule is CC1(C)CCc2ccccc2C1NCCN1CCSCC1. The lowest BCUT2D eigenvalue weighted by molar-refractivity contribution is 0.199. The Kier molecular flexibility index (Phi) is 4.92. The van der Waals surface area contributed by atoms with Crippen molar-refractivity contribution in [2.45, 2.75) is 32.7 Å². The molecule has 1 unspecified atom stereocenters. The summed E-state index contributed by atoms with van der Waals surface area (Å²) in [6.07, 6.45) is 2.51. The second-order valence-electron chi connectivity index (χ2n) is 7.03. The van der Waals surface area contributed by atoms with E-state index in [0.29, 0.717) is 11.5 Å². The van der Waals surface area contributed by atoms with Crippen molar-refractivity contribution in [3.05, 3.63) is 35.4 Å². The van der Waals surface area contributed by atoms with Crippen LogP contribution >= 0.6 is 11.8 Å². The maximum absolute atomic E-state index is 3.87. The third-order valence-corrected chi connectivity index (χ3v) is 6.01. The van der Waals surface area contributed by atoms with Crippen LogP contribution in [0.25, 0.3) is 0 Å². The van der Waals surface area contributed by atoms with Gasteiger partial charge in [-0.2, -0.15) is 11.8 Å². The molecule has 0 amide bonds.